The van der Waals surface area contributed by atoms with E-state index in [1.807, 2.05) is 38.4 Å². The first-order valence-electron chi connectivity index (χ1n) is 8.03. The third-order valence-electron chi connectivity index (χ3n) is 4.28. The molecule has 0 spiro atoms. The molecule has 0 radical (unpaired) electrons. The fourth-order valence-corrected chi connectivity index (χ4v) is 3.25. The summed E-state index contributed by atoms with van der Waals surface area (Å²) in [6, 6.07) is 8.09. The Morgan fingerprint density at radius 2 is 1.95 bits per heavy atom. The average molecular weight is 324 g/mol. The summed E-state index contributed by atoms with van der Waals surface area (Å²) in [4.78, 5) is 14.2. The van der Waals surface area contributed by atoms with Gasteiger partial charge in [0.1, 0.15) is 0 Å². The lowest BCUT2D eigenvalue weighted by molar-refractivity contribution is 0.225. The van der Waals surface area contributed by atoms with Gasteiger partial charge in [0.05, 0.1) is 6.04 Å². The molecule has 2 amide bonds. The molecule has 0 unspecified atom stereocenters. The van der Waals surface area contributed by atoms with Gasteiger partial charge in [-0.1, -0.05) is 49.1 Å². The minimum Gasteiger partial charge on any atom is -0.336 e. The van der Waals surface area contributed by atoms with Crippen LogP contribution < -0.4 is 10.6 Å². The summed E-state index contributed by atoms with van der Waals surface area (Å²) < 4.78 is 0. The molecule has 1 atom stereocenters. The minimum absolute atomic E-state index is 0.0609. The van der Waals surface area contributed by atoms with Gasteiger partial charge >= 0.3 is 6.03 Å². The zero-order chi connectivity index (χ0) is 15.9. The van der Waals surface area contributed by atoms with Crippen molar-refractivity contribution in [3.63, 3.8) is 0 Å². The van der Waals surface area contributed by atoms with Gasteiger partial charge in [0.2, 0.25) is 0 Å². The second-order valence-corrected chi connectivity index (χ2v) is 6.60. The van der Waals surface area contributed by atoms with Crippen molar-refractivity contribution in [2.45, 2.75) is 44.2 Å². The van der Waals surface area contributed by atoms with Crippen molar-refractivity contribution in [3.8, 4) is 0 Å². The lowest BCUT2D eigenvalue weighted by Crippen LogP contribution is -2.45. The highest BCUT2D eigenvalue weighted by molar-refractivity contribution is 6.31. The third-order valence-corrected chi connectivity index (χ3v) is 4.63. The number of nitrogens with one attached hydrogen (secondary N) is 2. The third kappa shape index (κ3) is 4.89. The molecule has 1 aromatic rings. The van der Waals surface area contributed by atoms with Gasteiger partial charge in [-0.2, -0.15) is 0 Å². The molecular weight excluding hydrogens is 298 g/mol. The van der Waals surface area contributed by atoms with Crippen LogP contribution in [0, 0.1) is 0 Å². The van der Waals surface area contributed by atoms with Gasteiger partial charge in [-0.25, -0.2) is 4.79 Å². The molecule has 0 heterocycles. The summed E-state index contributed by atoms with van der Waals surface area (Å²) in [7, 11) is 3.99. The molecule has 1 fully saturated rings. The highest BCUT2D eigenvalue weighted by atomic mass is 35.5. The predicted molar refractivity (Wildman–Crippen MR) is 91.3 cm³/mol. The second-order valence-electron chi connectivity index (χ2n) is 6.19. The van der Waals surface area contributed by atoms with E-state index in [0.717, 1.165) is 23.4 Å². The molecule has 1 saturated carbocycles. The van der Waals surface area contributed by atoms with Gasteiger partial charge in [-0.3, -0.25) is 0 Å². The molecule has 0 aromatic heterocycles. The van der Waals surface area contributed by atoms with E-state index < -0.39 is 0 Å². The number of rotatable bonds is 5. The molecular formula is C17H26ClN3O. The van der Waals surface area contributed by atoms with Crippen LogP contribution in [0.5, 0.6) is 0 Å². The molecule has 4 nitrogen and oxygen atoms in total. The maximum absolute atomic E-state index is 12.1. The normalized spacial score (nSPS) is 17.3. The van der Waals surface area contributed by atoms with Crippen LogP contribution in [-0.2, 0) is 0 Å². The topological polar surface area (TPSA) is 44.4 Å². The number of carbonyl (C=O) groups excluding carboxylic acids is 1. The van der Waals surface area contributed by atoms with Crippen LogP contribution in [0.2, 0.25) is 5.02 Å². The number of nitrogens with zero attached hydrogens (tertiary/aromatic N) is 1. The molecule has 1 aliphatic rings. The summed E-state index contributed by atoms with van der Waals surface area (Å²) >= 11 is 6.28. The first-order chi connectivity index (χ1) is 10.6. The van der Waals surface area contributed by atoms with Gasteiger partial charge < -0.3 is 15.5 Å². The molecule has 5 heteroatoms. The average Bonchev–Trinajstić information content (AvgIpc) is 2.50. The standard InChI is InChI=1S/C17H26ClN3O/c1-21(2)16(14-10-6-7-11-15(14)18)12-19-17(22)20-13-8-4-3-5-9-13/h6-7,10-11,13,16H,3-5,8-9,12H2,1-2H3,(H2,19,20,22)/t16-/m0/s1. The number of urea groups is 1. The van der Waals surface area contributed by atoms with Crippen LogP contribution in [0.1, 0.15) is 43.7 Å². The van der Waals surface area contributed by atoms with Crippen molar-refractivity contribution in [1.82, 2.24) is 15.5 Å². The summed E-state index contributed by atoms with van der Waals surface area (Å²) in [5.41, 5.74) is 1.03. The second kappa shape index (κ2) is 8.39. The van der Waals surface area contributed by atoms with E-state index in [1.165, 1.54) is 19.3 Å². The minimum atomic E-state index is -0.0780. The van der Waals surface area contributed by atoms with Crippen molar-refractivity contribution in [3.05, 3.63) is 34.9 Å². The Kier molecular flexibility index (Phi) is 6.52. The summed E-state index contributed by atoms with van der Waals surface area (Å²) in [5.74, 6) is 0. The maximum atomic E-state index is 12.1. The molecule has 1 aromatic carbocycles. The van der Waals surface area contributed by atoms with E-state index in [1.54, 1.807) is 0 Å². The Labute approximate surface area is 138 Å². The molecule has 122 valence electrons. The van der Waals surface area contributed by atoms with Crippen molar-refractivity contribution < 1.29 is 4.79 Å². The highest BCUT2D eigenvalue weighted by Gasteiger charge is 2.19. The Balaban J connectivity index is 1.89. The van der Waals surface area contributed by atoms with E-state index in [2.05, 4.69) is 15.5 Å². The molecule has 0 saturated heterocycles. The maximum Gasteiger partial charge on any atom is 0.315 e. The van der Waals surface area contributed by atoms with Gasteiger partial charge in [0, 0.05) is 17.6 Å². The van der Waals surface area contributed by atoms with Gasteiger partial charge in [0.15, 0.2) is 0 Å². The predicted octanol–water partition coefficient (Wildman–Crippen LogP) is 3.57. The molecule has 1 aliphatic carbocycles. The van der Waals surface area contributed by atoms with Crippen molar-refractivity contribution in [2.75, 3.05) is 20.6 Å². The van der Waals surface area contributed by atoms with E-state index in [4.69, 9.17) is 11.6 Å². The molecule has 0 aliphatic heterocycles. The number of amides is 2. The van der Waals surface area contributed by atoms with Crippen LogP contribution >= 0.6 is 11.6 Å². The monoisotopic (exact) mass is 323 g/mol. The zero-order valence-corrected chi connectivity index (χ0v) is 14.2. The van der Waals surface area contributed by atoms with E-state index in [9.17, 15) is 4.79 Å². The van der Waals surface area contributed by atoms with Gasteiger partial charge in [-0.05, 0) is 38.6 Å². The molecule has 2 rings (SSSR count). The van der Waals surface area contributed by atoms with Crippen LogP contribution in [0.4, 0.5) is 4.79 Å². The van der Waals surface area contributed by atoms with Gasteiger partial charge in [-0.15, -0.1) is 0 Å². The van der Waals surface area contributed by atoms with Crippen molar-refractivity contribution in [1.29, 1.82) is 0 Å². The van der Waals surface area contributed by atoms with E-state index >= 15 is 0 Å². The van der Waals surface area contributed by atoms with Crippen LogP contribution in [-0.4, -0.2) is 37.6 Å². The largest absolute Gasteiger partial charge is 0.336 e. The fraction of sp³-hybridized carbons (Fsp3) is 0.588. The Hall–Kier alpha value is -1.26. The van der Waals surface area contributed by atoms with E-state index in [-0.39, 0.29) is 12.1 Å². The molecule has 2 N–H and O–H groups in total. The quantitative estimate of drug-likeness (QED) is 0.870. The smallest absolute Gasteiger partial charge is 0.315 e. The zero-order valence-electron chi connectivity index (χ0n) is 13.4. The lowest BCUT2D eigenvalue weighted by atomic mass is 9.96. The number of hydrogen-bond donors (Lipinski definition) is 2. The number of carbonyl (C=O) groups is 1. The Bertz CT molecular complexity index is 487. The summed E-state index contributed by atoms with van der Waals surface area (Å²) in [6.45, 7) is 0.537. The van der Waals surface area contributed by atoms with Crippen LogP contribution in [0.15, 0.2) is 24.3 Å². The number of benzene rings is 1. The lowest BCUT2D eigenvalue weighted by Gasteiger charge is -2.27. The van der Waals surface area contributed by atoms with Crippen LogP contribution in [0.3, 0.4) is 0 Å². The van der Waals surface area contributed by atoms with Crippen LogP contribution in [0.25, 0.3) is 0 Å². The first kappa shape index (κ1) is 17.1. The first-order valence-corrected chi connectivity index (χ1v) is 8.41. The Morgan fingerprint density at radius 1 is 1.27 bits per heavy atom. The van der Waals surface area contributed by atoms with Crippen molar-refractivity contribution in [2.24, 2.45) is 0 Å². The number of likely N-dealkylation sites (N-methyl/N-ethyl adjacent to an activating group) is 1. The number of halogens is 1. The summed E-state index contributed by atoms with van der Waals surface area (Å²) in [6.07, 6.45) is 5.90. The Morgan fingerprint density at radius 3 is 2.59 bits per heavy atom. The highest BCUT2D eigenvalue weighted by Crippen LogP contribution is 2.25. The summed E-state index contributed by atoms with van der Waals surface area (Å²) in [5, 5.41) is 6.80. The van der Waals surface area contributed by atoms with Crippen molar-refractivity contribution >= 4 is 17.6 Å². The fourth-order valence-electron chi connectivity index (χ4n) is 2.99. The molecule has 0 bridgehead atoms. The number of hydrogen-bond acceptors (Lipinski definition) is 2. The van der Waals surface area contributed by atoms with E-state index in [0.29, 0.717) is 12.6 Å². The van der Waals surface area contributed by atoms with Gasteiger partial charge in [0.25, 0.3) is 0 Å². The molecule has 22 heavy (non-hydrogen) atoms. The SMILES string of the molecule is CN(C)[C@@H](CNC(=O)NC1CCCCC1)c1ccccc1Cl.